The summed E-state index contributed by atoms with van der Waals surface area (Å²) in [5.41, 5.74) is 0.832. The van der Waals surface area contributed by atoms with E-state index in [0.717, 1.165) is 6.08 Å². The van der Waals surface area contributed by atoms with E-state index in [0.29, 0.717) is 5.56 Å². The molecule has 0 atom stereocenters. The molecule has 0 heterocycles. The highest BCUT2D eigenvalue weighted by Gasteiger charge is 2.04. The summed E-state index contributed by atoms with van der Waals surface area (Å²) in [5.74, 6) is -1.54. The number of carbonyl (C=O) groups excluding carboxylic acids is 1. The molecule has 0 spiro atoms. The van der Waals surface area contributed by atoms with Crippen LogP contribution < -0.4 is 10.6 Å². The molecule has 5 nitrogen and oxygen atoms in total. The molecule has 96 valence electrons. The molecule has 0 saturated heterocycles. The van der Waals surface area contributed by atoms with Gasteiger partial charge in [0.15, 0.2) is 0 Å². The third-order valence-electron chi connectivity index (χ3n) is 2.15. The van der Waals surface area contributed by atoms with Crippen LogP contribution in [0.4, 0.5) is 9.18 Å². The number of amides is 2. The summed E-state index contributed by atoms with van der Waals surface area (Å²) < 4.78 is 13.4. The lowest BCUT2D eigenvalue weighted by Crippen LogP contribution is -2.32. The van der Waals surface area contributed by atoms with Crippen LogP contribution in [0.3, 0.4) is 0 Å². The van der Waals surface area contributed by atoms with Gasteiger partial charge >= 0.3 is 12.0 Å². The number of carbonyl (C=O) groups is 2. The molecular weight excluding hydrogens is 239 g/mol. The molecule has 6 heteroatoms. The molecule has 1 aromatic rings. The summed E-state index contributed by atoms with van der Waals surface area (Å²) in [6.07, 6.45) is 2.31. The van der Waals surface area contributed by atoms with Crippen LogP contribution in [0.5, 0.6) is 0 Å². The molecule has 0 aliphatic carbocycles. The van der Waals surface area contributed by atoms with E-state index in [1.165, 1.54) is 31.3 Å². The van der Waals surface area contributed by atoms with Gasteiger partial charge in [-0.25, -0.2) is 14.0 Å². The molecule has 1 rings (SSSR count). The maximum atomic E-state index is 13.4. The fraction of sp³-hybridized carbons (Fsp3) is 0.167. The first-order valence-electron chi connectivity index (χ1n) is 5.18. The second-order valence-corrected chi connectivity index (χ2v) is 3.46. The number of aliphatic carboxylic acids is 1. The van der Waals surface area contributed by atoms with Crippen molar-refractivity contribution in [3.8, 4) is 0 Å². The lowest BCUT2D eigenvalue weighted by atomic mass is 10.1. The van der Waals surface area contributed by atoms with E-state index in [2.05, 4.69) is 10.6 Å². The molecule has 0 saturated carbocycles. The van der Waals surface area contributed by atoms with Crippen LogP contribution in [0.1, 0.15) is 11.1 Å². The molecular formula is C12H13FN2O3. The van der Waals surface area contributed by atoms with Crippen molar-refractivity contribution in [3.63, 3.8) is 0 Å². The van der Waals surface area contributed by atoms with E-state index in [-0.39, 0.29) is 12.1 Å². The molecule has 18 heavy (non-hydrogen) atoms. The number of carboxylic acid groups (broad SMARTS) is 1. The van der Waals surface area contributed by atoms with E-state index in [1.54, 1.807) is 0 Å². The minimum Gasteiger partial charge on any atom is -0.478 e. The Bertz CT molecular complexity index is 486. The Labute approximate surface area is 103 Å². The molecule has 0 aliphatic heterocycles. The van der Waals surface area contributed by atoms with Crippen molar-refractivity contribution in [3.05, 3.63) is 41.2 Å². The van der Waals surface area contributed by atoms with Crippen molar-refractivity contribution < 1.29 is 19.1 Å². The Kier molecular flexibility index (Phi) is 4.86. The Balaban J connectivity index is 2.81. The van der Waals surface area contributed by atoms with Crippen molar-refractivity contribution in [1.29, 1.82) is 0 Å². The summed E-state index contributed by atoms with van der Waals surface area (Å²) in [5, 5.41) is 13.3. The van der Waals surface area contributed by atoms with E-state index >= 15 is 0 Å². The Hall–Kier alpha value is -2.37. The number of urea groups is 1. The van der Waals surface area contributed by atoms with Crippen molar-refractivity contribution in [2.24, 2.45) is 0 Å². The third-order valence-corrected chi connectivity index (χ3v) is 2.15. The van der Waals surface area contributed by atoms with Crippen LogP contribution in [0, 0.1) is 5.82 Å². The highest BCUT2D eigenvalue weighted by Crippen LogP contribution is 2.11. The molecule has 2 amide bonds. The second-order valence-electron chi connectivity index (χ2n) is 3.46. The van der Waals surface area contributed by atoms with Crippen LogP contribution in [0.25, 0.3) is 6.08 Å². The smallest absolute Gasteiger partial charge is 0.328 e. The Morgan fingerprint density at radius 2 is 2.17 bits per heavy atom. The average molecular weight is 252 g/mol. The van der Waals surface area contributed by atoms with Crippen molar-refractivity contribution >= 4 is 18.1 Å². The fourth-order valence-corrected chi connectivity index (χ4v) is 1.27. The van der Waals surface area contributed by atoms with Gasteiger partial charge in [0, 0.05) is 25.2 Å². The van der Waals surface area contributed by atoms with Gasteiger partial charge in [0.1, 0.15) is 5.82 Å². The quantitative estimate of drug-likeness (QED) is 0.708. The van der Waals surface area contributed by atoms with Crippen molar-refractivity contribution in [2.45, 2.75) is 6.54 Å². The van der Waals surface area contributed by atoms with E-state index in [4.69, 9.17) is 5.11 Å². The molecule has 0 radical (unpaired) electrons. The lowest BCUT2D eigenvalue weighted by Gasteiger charge is -2.06. The monoisotopic (exact) mass is 252 g/mol. The zero-order chi connectivity index (χ0) is 13.5. The first-order chi connectivity index (χ1) is 8.52. The highest BCUT2D eigenvalue weighted by atomic mass is 19.1. The standard InChI is InChI=1S/C12H13FN2O3/c1-14-12(18)15-7-9-6-8(2-4-10(9)13)3-5-11(16)17/h2-6H,7H2,1H3,(H,16,17)(H2,14,15,18)/b5-3+. The SMILES string of the molecule is CNC(=O)NCc1cc(/C=C/C(=O)O)ccc1F. The van der Waals surface area contributed by atoms with Crippen LogP contribution >= 0.6 is 0 Å². The molecule has 0 aromatic heterocycles. The molecule has 0 bridgehead atoms. The highest BCUT2D eigenvalue weighted by molar-refractivity contribution is 5.85. The molecule has 0 fully saturated rings. The van der Waals surface area contributed by atoms with E-state index < -0.39 is 17.8 Å². The van der Waals surface area contributed by atoms with E-state index in [1.807, 2.05) is 0 Å². The fourth-order valence-electron chi connectivity index (χ4n) is 1.27. The first kappa shape index (κ1) is 13.7. The summed E-state index contributed by atoms with van der Waals surface area (Å²) in [6, 6.07) is 3.74. The van der Waals surface area contributed by atoms with Crippen molar-refractivity contribution in [1.82, 2.24) is 10.6 Å². The van der Waals surface area contributed by atoms with Gasteiger partial charge in [0.2, 0.25) is 0 Å². The summed E-state index contributed by atoms with van der Waals surface area (Å²) in [6.45, 7) is 0.0280. The summed E-state index contributed by atoms with van der Waals surface area (Å²) in [7, 11) is 1.46. The number of rotatable bonds is 4. The van der Waals surface area contributed by atoms with Gasteiger partial charge in [-0.3, -0.25) is 0 Å². The summed E-state index contributed by atoms with van der Waals surface area (Å²) in [4.78, 5) is 21.3. The molecule has 0 unspecified atom stereocenters. The number of nitrogens with one attached hydrogen (secondary N) is 2. The van der Waals surface area contributed by atoms with Gasteiger partial charge in [-0.15, -0.1) is 0 Å². The van der Waals surface area contributed by atoms with Gasteiger partial charge in [0.05, 0.1) is 0 Å². The number of benzene rings is 1. The third kappa shape index (κ3) is 4.25. The number of hydrogen-bond acceptors (Lipinski definition) is 2. The van der Waals surface area contributed by atoms with Gasteiger partial charge in [-0.2, -0.15) is 0 Å². The van der Waals surface area contributed by atoms with Gasteiger partial charge in [0.25, 0.3) is 0 Å². The van der Waals surface area contributed by atoms with Crippen LogP contribution in [-0.2, 0) is 11.3 Å². The van der Waals surface area contributed by atoms with Crippen LogP contribution in [-0.4, -0.2) is 24.2 Å². The lowest BCUT2D eigenvalue weighted by molar-refractivity contribution is -0.131. The van der Waals surface area contributed by atoms with E-state index in [9.17, 15) is 14.0 Å². The maximum absolute atomic E-state index is 13.4. The summed E-state index contributed by atoms with van der Waals surface area (Å²) >= 11 is 0. The normalized spacial score (nSPS) is 10.3. The number of carboxylic acids is 1. The predicted molar refractivity (Wildman–Crippen MR) is 64.4 cm³/mol. The predicted octanol–water partition coefficient (Wildman–Crippen LogP) is 1.35. The number of hydrogen-bond donors (Lipinski definition) is 3. The average Bonchev–Trinajstić information content (AvgIpc) is 2.35. The van der Waals surface area contributed by atoms with Crippen LogP contribution in [0.2, 0.25) is 0 Å². The van der Waals surface area contributed by atoms with Gasteiger partial charge in [-0.1, -0.05) is 6.07 Å². The molecule has 1 aromatic carbocycles. The maximum Gasteiger partial charge on any atom is 0.328 e. The minimum atomic E-state index is -1.08. The molecule has 0 aliphatic rings. The first-order valence-corrected chi connectivity index (χ1v) is 5.18. The number of halogens is 1. The Morgan fingerprint density at radius 1 is 1.44 bits per heavy atom. The Morgan fingerprint density at radius 3 is 2.78 bits per heavy atom. The van der Waals surface area contributed by atoms with Crippen LogP contribution in [0.15, 0.2) is 24.3 Å². The second kappa shape index (κ2) is 6.39. The van der Waals surface area contributed by atoms with Gasteiger partial charge < -0.3 is 15.7 Å². The largest absolute Gasteiger partial charge is 0.478 e. The van der Waals surface area contributed by atoms with Crippen molar-refractivity contribution in [2.75, 3.05) is 7.05 Å². The zero-order valence-electron chi connectivity index (χ0n) is 9.74. The zero-order valence-corrected chi connectivity index (χ0v) is 9.74. The molecule has 3 N–H and O–H groups in total. The topological polar surface area (TPSA) is 78.4 Å². The van der Waals surface area contributed by atoms with Gasteiger partial charge in [-0.05, 0) is 23.8 Å². The minimum absolute atomic E-state index is 0.0280.